The van der Waals surface area contributed by atoms with Crippen molar-refractivity contribution in [3.05, 3.63) is 0 Å². The van der Waals surface area contributed by atoms with Crippen molar-refractivity contribution in [1.82, 2.24) is 0 Å². The van der Waals surface area contributed by atoms with Crippen LogP contribution >= 0.6 is 0 Å². The summed E-state index contributed by atoms with van der Waals surface area (Å²) in [5.74, 6) is -0.266. The van der Waals surface area contributed by atoms with Crippen molar-refractivity contribution in [2.24, 2.45) is 10.4 Å². The summed E-state index contributed by atoms with van der Waals surface area (Å²) < 4.78 is 5.14. The SMILES string of the molecule is CCC(C)(C)CC=NCC(=O)OC(C)(C)C. The fourth-order valence-electron chi connectivity index (χ4n) is 0.969. The lowest BCUT2D eigenvalue weighted by Crippen LogP contribution is -2.25. The fourth-order valence-corrected chi connectivity index (χ4v) is 0.969. The molecule has 16 heavy (non-hydrogen) atoms. The van der Waals surface area contributed by atoms with Crippen molar-refractivity contribution in [1.29, 1.82) is 0 Å². The van der Waals surface area contributed by atoms with Crippen LogP contribution < -0.4 is 0 Å². The summed E-state index contributed by atoms with van der Waals surface area (Å²) in [4.78, 5) is 15.4. The minimum atomic E-state index is -0.421. The second-order valence-electron chi connectivity index (χ2n) is 5.83. The first-order chi connectivity index (χ1) is 7.16. The van der Waals surface area contributed by atoms with Crippen molar-refractivity contribution in [2.75, 3.05) is 6.54 Å². The van der Waals surface area contributed by atoms with Crippen LogP contribution in [0, 0.1) is 5.41 Å². The molecule has 0 saturated heterocycles. The van der Waals surface area contributed by atoms with Crippen molar-refractivity contribution in [3.8, 4) is 0 Å². The molecule has 0 aromatic rings. The van der Waals surface area contributed by atoms with E-state index in [0.717, 1.165) is 12.8 Å². The second kappa shape index (κ2) is 6.02. The molecule has 0 aromatic heterocycles. The first-order valence-corrected chi connectivity index (χ1v) is 5.86. The van der Waals surface area contributed by atoms with E-state index < -0.39 is 5.60 Å². The summed E-state index contributed by atoms with van der Waals surface area (Å²) in [6, 6.07) is 0. The van der Waals surface area contributed by atoms with Gasteiger partial charge in [0.2, 0.25) is 0 Å². The Bertz CT molecular complexity index is 249. The Morgan fingerprint density at radius 2 is 1.81 bits per heavy atom. The van der Waals surface area contributed by atoms with Crippen LogP contribution in [0.25, 0.3) is 0 Å². The molecular formula is C13H25NO2. The average Bonchev–Trinajstić information content (AvgIpc) is 2.10. The monoisotopic (exact) mass is 227 g/mol. The van der Waals surface area contributed by atoms with Gasteiger partial charge in [-0.25, -0.2) is 0 Å². The molecule has 3 heteroatoms. The van der Waals surface area contributed by atoms with E-state index in [2.05, 4.69) is 25.8 Å². The molecule has 0 aliphatic rings. The Morgan fingerprint density at radius 3 is 2.25 bits per heavy atom. The van der Waals surface area contributed by atoms with E-state index in [4.69, 9.17) is 4.74 Å². The zero-order chi connectivity index (χ0) is 12.8. The molecule has 0 N–H and O–H groups in total. The van der Waals surface area contributed by atoms with Gasteiger partial charge in [0.05, 0.1) is 0 Å². The molecule has 0 bridgehead atoms. The summed E-state index contributed by atoms with van der Waals surface area (Å²) in [7, 11) is 0. The van der Waals surface area contributed by atoms with E-state index in [0.29, 0.717) is 0 Å². The standard InChI is InChI=1S/C13H25NO2/c1-7-13(5,6)8-9-14-10-11(15)16-12(2,3)4/h9H,7-8,10H2,1-6H3. The summed E-state index contributed by atoms with van der Waals surface area (Å²) in [5.41, 5.74) is -0.160. The van der Waals surface area contributed by atoms with Gasteiger partial charge in [0.1, 0.15) is 12.1 Å². The molecule has 94 valence electrons. The van der Waals surface area contributed by atoms with Crippen LogP contribution in [0.4, 0.5) is 0 Å². The lowest BCUT2D eigenvalue weighted by molar-refractivity contribution is -0.152. The number of carbonyl (C=O) groups is 1. The van der Waals surface area contributed by atoms with Gasteiger partial charge in [-0.3, -0.25) is 9.79 Å². The summed E-state index contributed by atoms with van der Waals surface area (Å²) >= 11 is 0. The van der Waals surface area contributed by atoms with Gasteiger partial charge in [-0.15, -0.1) is 0 Å². The summed E-state index contributed by atoms with van der Waals surface area (Å²) in [6.45, 7) is 12.2. The maximum Gasteiger partial charge on any atom is 0.328 e. The fraction of sp³-hybridized carbons (Fsp3) is 0.846. The number of hydrogen-bond donors (Lipinski definition) is 0. The second-order valence-corrected chi connectivity index (χ2v) is 5.83. The van der Waals surface area contributed by atoms with E-state index in [1.807, 2.05) is 27.0 Å². The van der Waals surface area contributed by atoms with E-state index in [9.17, 15) is 4.79 Å². The molecule has 0 saturated carbocycles. The quantitative estimate of drug-likeness (QED) is 0.534. The molecule has 0 fully saturated rings. The lowest BCUT2D eigenvalue weighted by atomic mass is 9.87. The molecule has 0 rings (SSSR count). The maximum absolute atomic E-state index is 11.3. The van der Waals surface area contributed by atoms with Gasteiger partial charge in [0.25, 0.3) is 0 Å². The van der Waals surface area contributed by atoms with Crippen LogP contribution in [0.15, 0.2) is 4.99 Å². The van der Waals surface area contributed by atoms with Crippen molar-refractivity contribution < 1.29 is 9.53 Å². The third kappa shape index (κ3) is 8.45. The van der Waals surface area contributed by atoms with Gasteiger partial charge in [-0.1, -0.05) is 27.2 Å². The molecule has 0 aromatic carbocycles. The van der Waals surface area contributed by atoms with Crippen molar-refractivity contribution >= 4 is 12.2 Å². The van der Waals surface area contributed by atoms with Crippen molar-refractivity contribution in [3.63, 3.8) is 0 Å². The topological polar surface area (TPSA) is 38.7 Å². The predicted octanol–water partition coefficient (Wildman–Crippen LogP) is 3.23. The van der Waals surface area contributed by atoms with Crippen LogP contribution in [0.1, 0.15) is 54.4 Å². The molecule has 0 aliphatic heterocycles. The van der Waals surface area contributed by atoms with Gasteiger partial charge in [0.15, 0.2) is 0 Å². The Morgan fingerprint density at radius 1 is 1.25 bits per heavy atom. The van der Waals surface area contributed by atoms with E-state index >= 15 is 0 Å². The molecule has 0 heterocycles. The number of carbonyl (C=O) groups excluding carboxylic acids is 1. The Balaban J connectivity index is 3.89. The lowest BCUT2D eigenvalue weighted by Gasteiger charge is -2.20. The first kappa shape index (κ1) is 15.1. The number of aliphatic imine (C=N–C) groups is 1. The Kier molecular flexibility index (Phi) is 5.70. The van der Waals surface area contributed by atoms with Crippen LogP contribution in [0.3, 0.4) is 0 Å². The zero-order valence-corrected chi connectivity index (χ0v) is 11.5. The minimum absolute atomic E-state index is 0.122. The van der Waals surface area contributed by atoms with Crippen LogP contribution in [-0.4, -0.2) is 24.3 Å². The zero-order valence-electron chi connectivity index (χ0n) is 11.5. The van der Waals surface area contributed by atoms with Gasteiger partial charge in [-0.05, 0) is 38.8 Å². The molecule has 0 atom stereocenters. The van der Waals surface area contributed by atoms with Crippen molar-refractivity contribution in [2.45, 2.75) is 60.0 Å². The number of esters is 1. The highest BCUT2D eigenvalue weighted by Crippen LogP contribution is 2.22. The van der Waals surface area contributed by atoms with Gasteiger partial charge < -0.3 is 4.74 Å². The van der Waals surface area contributed by atoms with E-state index in [1.165, 1.54) is 0 Å². The largest absolute Gasteiger partial charge is 0.459 e. The van der Waals surface area contributed by atoms with Crippen LogP contribution in [0.2, 0.25) is 0 Å². The number of rotatable bonds is 5. The Hall–Kier alpha value is -0.860. The first-order valence-electron chi connectivity index (χ1n) is 5.86. The molecule has 0 aliphatic carbocycles. The number of ether oxygens (including phenoxy) is 1. The van der Waals surface area contributed by atoms with E-state index in [-0.39, 0.29) is 17.9 Å². The van der Waals surface area contributed by atoms with Crippen LogP contribution in [-0.2, 0) is 9.53 Å². The van der Waals surface area contributed by atoms with E-state index in [1.54, 1.807) is 0 Å². The molecule has 0 amide bonds. The van der Waals surface area contributed by atoms with Gasteiger partial charge in [0, 0.05) is 0 Å². The van der Waals surface area contributed by atoms with Crippen LogP contribution in [0.5, 0.6) is 0 Å². The summed E-state index contributed by atoms with van der Waals surface area (Å²) in [6.07, 6.45) is 3.82. The van der Waals surface area contributed by atoms with Gasteiger partial charge >= 0.3 is 5.97 Å². The Labute approximate surface area is 99.3 Å². The third-order valence-corrected chi connectivity index (χ3v) is 2.37. The minimum Gasteiger partial charge on any atom is -0.459 e. The highest BCUT2D eigenvalue weighted by Gasteiger charge is 2.16. The average molecular weight is 227 g/mol. The van der Waals surface area contributed by atoms with Gasteiger partial charge in [-0.2, -0.15) is 0 Å². The predicted molar refractivity (Wildman–Crippen MR) is 67.9 cm³/mol. The third-order valence-electron chi connectivity index (χ3n) is 2.37. The molecule has 0 unspecified atom stereocenters. The molecule has 3 nitrogen and oxygen atoms in total. The smallest absolute Gasteiger partial charge is 0.328 e. The highest BCUT2D eigenvalue weighted by molar-refractivity contribution is 5.74. The highest BCUT2D eigenvalue weighted by atomic mass is 16.6. The molecular weight excluding hydrogens is 202 g/mol. The summed E-state index contributed by atoms with van der Waals surface area (Å²) in [5, 5.41) is 0. The normalized spacial score (nSPS) is 13.1. The maximum atomic E-state index is 11.3. The number of hydrogen-bond acceptors (Lipinski definition) is 3. The molecule has 0 radical (unpaired) electrons. The number of nitrogens with zero attached hydrogens (tertiary/aromatic N) is 1. The molecule has 0 spiro atoms.